The smallest absolute Gasteiger partial charge is 0.254 e. The molecule has 0 radical (unpaired) electrons. The lowest BCUT2D eigenvalue weighted by Crippen LogP contribution is -2.39. The molecular weight excluding hydrogens is 376 g/mol. The van der Waals surface area contributed by atoms with Gasteiger partial charge in [0.1, 0.15) is 23.2 Å². The molecule has 29 heavy (non-hydrogen) atoms. The normalized spacial score (nSPS) is 16.8. The number of halogens is 2. The van der Waals surface area contributed by atoms with Crippen LogP contribution in [0.1, 0.15) is 40.6 Å². The van der Waals surface area contributed by atoms with E-state index < -0.39 is 11.6 Å². The summed E-state index contributed by atoms with van der Waals surface area (Å²) in [4.78, 5) is 27.8. The van der Waals surface area contributed by atoms with E-state index in [1.54, 1.807) is 23.5 Å². The topological polar surface area (TPSA) is 63.9 Å². The fourth-order valence-corrected chi connectivity index (χ4v) is 3.70. The second-order valence-corrected chi connectivity index (χ2v) is 7.33. The molecule has 1 saturated heterocycles. The molecule has 0 bridgehead atoms. The summed E-state index contributed by atoms with van der Waals surface area (Å²) in [6.07, 6.45) is 6.82. The molecule has 1 aromatic carbocycles. The number of likely N-dealkylation sites (tertiary alicyclic amines) is 1. The minimum atomic E-state index is -0.757. The second kappa shape index (κ2) is 7.69. The number of imidazole rings is 1. The van der Waals surface area contributed by atoms with Crippen molar-refractivity contribution in [2.24, 2.45) is 7.05 Å². The number of amides is 1. The van der Waals surface area contributed by atoms with Crippen molar-refractivity contribution in [1.29, 1.82) is 0 Å². The molecule has 0 saturated carbocycles. The number of rotatable bonds is 3. The summed E-state index contributed by atoms with van der Waals surface area (Å²) < 4.78 is 28.9. The molecule has 0 N–H and O–H groups in total. The van der Waals surface area contributed by atoms with Crippen LogP contribution in [0.3, 0.4) is 0 Å². The minimum absolute atomic E-state index is 0.00730. The fourth-order valence-electron chi connectivity index (χ4n) is 3.70. The monoisotopic (exact) mass is 397 g/mol. The van der Waals surface area contributed by atoms with Gasteiger partial charge in [-0.05, 0) is 31.9 Å². The molecule has 1 atom stereocenters. The molecule has 150 valence electrons. The van der Waals surface area contributed by atoms with Crippen LogP contribution in [0.15, 0.2) is 36.8 Å². The van der Waals surface area contributed by atoms with E-state index in [2.05, 4.69) is 9.97 Å². The Kier molecular flexibility index (Phi) is 5.08. The van der Waals surface area contributed by atoms with E-state index in [9.17, 15) is 13.6 Å². The number of piperidine rings is 1. The highest BCUT2D eigenvalue weighted by molar-refractivity contribution is 5.94. The van der Waals surface area contributed by atoms with Crippen LogP contribution in [0.25, 0.3) is 11.4 Å². The largest absolute Gasteiger partial charge is 0.338 e. The molecule has 1 aliphatic rings. The Bertz CT molecular complexity index is 1040. The molecule has 6 nitrogen and oxygen atoms in total. The lowest BCUT2D eigenvalue weighted by molar-refractivity contribution is 0.0704. The van der Waals surface area contributed by atoms with Crippen LogP contribution in [-0.4, -0.2) is 43.4 Å². The summed E-state index contributed by atoms with van der Waals surface area (Å²) in [5.41, 5.74) is 2.41. The van der Waals surface area contributed by atoms with Crippen molar-refractivity contribution in [2.45, 2.75) is 25.7 Å². The highest BCUT2D eigenvalue weighted by atomic mass is 19.1. The van der Waals surface area contributed by atoms with Gasteiger partial charge in [0, 0.05) is 43.9 Å². The summed E-state index contributed by atoms with van der Waals surface area (Å²) in [6.45, 7) is 2.89. The van der Waals surface area contributed by atoms with Gasteiger partial charge in [-0.25, -0.2) is 18.7 Å². The Labute approximate surface area is 167 Å². The maximum atomic E-state index is 13.5. The van der Waals surface area contributed by atoms with E-state index in [1.165, 1.54) is 0 Å². The first-order chi connectivity index (χ1) is 13.9. The summed E-state index contributed by atoms with van der Waals surface area (Å²) in [5, 5.41) is 0. The molecule has 1 aliphatic heterocycles. The molecular formula is C21H21F2N5O. The average molecular weight is 397 g/mol. The van der Waals surface area contributed by atoms with Crippen LogP contribution in [0.5, 0.6) is 0 Å². The zero-order chi connectivity index (χ0) is 20.5. The Morgan fingerprint density at radius 2 is 1.90 bits per heavy atom. The van der Waals surface area contributed by atoms with E-state index in [0.29, 0.717) is 13.1 Å². The fraction of sp³-hybridized carbons (Fsp3) is 0.333. The predicted octanol–water partition coefficient (Wildman–Crippen LogP) is 3.48. The number of benzene rings is 1. The van der Waals surface area contributed by atoms with E-state index in [0.717, 1.165) is 53.9 Å². The number of carbonyl (C=O) groups is 1. The van der Waals surface area contributed by atoms with Crippen molar-refractivity contribution >= 4 is 5.91 Å². The van der Waals surface area contributed by atoms with Gasteiger partial charge >= 0.3 is 0 Å². The molecule has 2 aromatic heterocycles. The summed E-state index contributed by atoms with van der Waals surface area (Å²) in [7, 11) is 1.92. The van der Waals surface area contributed by atoms with Crippen LogP contribution in [0, 0.1) is 18.6 Å². The van der Waals surface area contributed by atoms with Crippen LogP contribution in [-0.2, 0) is 7.05 Å². The van der Waals surface area contributed by atoms with Gasteiger partial charge in [-0.15, -0.1) is 0 Å². The maximum absolute atomic E-state index is 13.5. The van der Waals surface area contributed by atoms with Crippen molar-refractivity contribution in [1.82, 2.24) is 24.4 Å². The Morgan fingerprint density at radius 1 is 1.14 bits per heavy atom. The highest BCUT2D eigenvalue weighted by Crippen LogP contribution is 2.28. The Hall–Kier alpha value is -3.16. The molecule has 4 rings (SSSR count). The highest BCUT2D eigenvalue weighted by Gasteiger charge is 2.27. The number of hydrogen-bond acceptors (Lipinski definition) is 4. The molecule has 0 unspecified atom stereocenters. The lowest BCUT2D eigenvalue weighted by Gasteiger charge is -2.32. The third-order valence-corrected chi connectivity index (χ3v) is 5.37. The zero-order valence-corrected chi connectivity index (χ0v) is 16.3. The lowest BCUT2D eigenvalue weighted by atomic mass is 9.94. The van der Waals surface area contributed by atoms with E-state index in [-0.39, 0.29) is 17.4 Å². The molecule has 0 spiro atoms. The molecule has 1 amide bonds. The quantitative estimate of drug-likeness (QED) is 0.679. The summed E-state index contributed by atoms with van der Waals surface area (Å²) in [5.74, 6) is -1.00. The van der Waals surface area contributed by atoms with Gasteiger partial charge in [0.2, 0.25) is 0 Å². The third-order valence-electron chi connectivity index (χ3n) is 5.37. The standard InChI is InChI=1S/C21H21F2N5O/c1-13-25-11-20(27(13)2)19-10-24-9-18(26-19)14-4-3-5-28(12-14)21(29)15-6-16(22)8-17(23)7-15/h6-11,14H,3-5,12H2,1-2H3/t14-/m0/s1. The maximum Gasteiger partial charge on any atom is 0.254 e. The average Bonchev–Trinajstić information content (AvgIpc) is 3.05. The van der Waals surface area contributed by atoms with Crippen molar-refractivity contribution in [3.63, 3.8) is 0 Å². The summed E-state index contributed by atoms with van der Waals surface area (Å²) in [6, 6.07) is 2.90. The molecule has 3 heterocycles. The second-order valence-electron chi connectivity index (χ2n) is 7.33. The van der Waals surface area contributed by atoms with Gasteiger partial charge in [0.05, 0.1) is 23.8 Å². The van der Waals surface area contributed by atoms with Crippen LogP contribution in [0.4, 0.5) is 8.78 Å². The van der Waals surface area contributed by atoms with Crippen LogP contribution in [0.2, 0.25) is 0 Å². The van der Waals surface area contributed by atoms with Crippen LogP contribution < -0.4 is 0 Å². The molecule has 8 heteroatoms. The van der Waals surface area contributed by atoms with E-state index >= 15 is 0 Å². The van der Waals surface area contributed by atoms with Crippen molar-refractivity contribution in [2.75, 3.05) is 13.1 Å². The molecule has 1 fully saturated rings. The first kappa shape index (κ1) is 19.2. The Morgan fingerprint density at radius 3 is 2.59 bits per heavy atom. The van der Waals surface area contributed by atoms with E-state index in [4.69, 9.17) is 4.98 Å². The van der Waals surface area contributed by atoms with Crippen molar-refractivity contribution < 1.29 is 13.6 Å². The molecule has 0 aliphatic carbocycles. The predicted molar refractivity (Wildman–Crippen MR) is 103 cm³/mol. The van der Waals surface area contributed by atoms with E-state index in [1.807, 2.05) is 18.5 Å². The van der Waals surface area contributed by atoms with Crippen molar-refractivity contribution in [3.8, 4) is 11.4 Å². The Balaban J connectivity index is 1.56. The number of carbonyl (C=O) groups excluding carboxylic acids is 1. The van der Waals surface area contributed by atoms with Gasteiger partial charge in [-0.3, -0.25) is 9.78 Å². The summed E-state index contributed by atoms with van der Waals surface area (Å²) >= 11 is 0. The minimum Gasteiger partial charge on any atom is -0.338 e. The SMILES string of the molecule is Cc1ncc(-c2cncc([C@H]3CCCN(C(=O)c4cc(F)cc(F)c4)C3)n2)n1C. The van der Waals surface area contributed by atoms with Gasteiger partial charge < -0.3 is 9.47 Å². The number of nitrogens with zero attached hydrogens (tertiary/aromatic N) is 5. The van der Waals surface area contributed by atoms with Gasteiger partial charge in [-0.2, -0.15) is 0 Å². The number of aromatic nitrogens is 4. The first-order valence-corrected chi connectivity index (χ1v) is 9.48. The number of aryl methyl sites for hydroxylation is 1. The first-order valence-electron chi connectivity index (χ1n) is 9.48. The van der Waals surface area contributed by atoms with Gasteiger partial charge in [-0.1, -0.05) is 0 Å². The van der Waals surface area contributed by atoms with Gasteiger partial charge in [0.25, 0.3) is 5.91 Å². The zero-order valence-electron chi connectivity index (χ0n) is 16.3. The third kappa shape index (κ3) is 3.87. The van der Waals surface area contributed by atoms with Gasteiger partial charge in [0.15, 0.2) is 0 Å². The molecule has 3 aromatic rings. The van der Waals surface area contributed by atoms with Crippen LogP contribution >= 0.6 is 0 Å². The number of hydrogen-bond donors (Lipinski definition) is 0. The van der Waals surface area contributed by atoms with Crippen molar-refractivity contribution in [3.05, 3.63) is 65.5 Å².